The highest BCUT2D eigenvalue weighted by Crippen LogP contribution is 2.36. The van der Waals surface area contributed by atoms with Gasteiger partial charge < -0.3 is 32.9 Å². The minimum atomic E-state index is -6.89. The Balaban J connectivity index is 3.20. The highest BCUT2D eigenvalue weighted by Gasteiger charge is 2.67. The molecule has 33 heteroatoms. The monoisotopic (exact) mass is 892 g/mol. The molecule has 0 saturated carbocycles. The van der Waals surface area contributed by atoms with Gasteiger partial charge in [-0.25, -0.2) is 52.7 Å². The Morgan fingerprint density at radius 1 is 0.449 bits per heavy atom. The van der Waals surface area contributed by atoms with Crippen molar-refractivity contribution in [1.29, 1.82) is 0 Å². The molecule has 0 aliphatic carbocycles. The van der Waals surface area contributed by atoms with Crippen molar-refractivity contribution in [2.24, 2.45) is 0 Å². The number of hydrogen-bond acceptors (Lipinski definition) is 8. The average molecular weight is 893 g/mol. The Labute approximate surface area is 282 Å². The molecule has 3 atom stereocenters. The van der Waals surface area contributed by atoms with Crippen molar-refractivity contribution < 1.29 is 103 Å². The Morgan fingerprint density at radius 2 is 0.776 bits per heavy atom. The second kappa shape index (κ2) is 16.8. The summed E-state index contributed by atoms with van der Waals surface area (Å²) in [6.07, 6.45) is -6.91. The van der Waals surface area contributed by atoms with Crippen LogP contribution in [0, 0.1) is 58.2 Å². The summed E-state index contributed by atoms with van der Waals surface area (Å²) in [6, 6.07) is 0. The van der Waals surface area contributed by atoms with Crippen molar-refractivity contribution in [3.8, 4) is 0 Å². The van der Waals surface area contributed by atoms with Crippen molar-refractivity contribution in [2.75, 3.05) is 0 Å². The van der Waals surface area contributed by atoms with Gasteiger partial charge in [0.2, 0.25) is 22.5 Å². The fraction of sp³-hybridized carbons (Fsp3) is 0. The van der Waals surface area contributed by atoms with E-state index in [9.17, 15) is 57.1 Å². The van der Waals surface area contributed by atoms with Gasteiger partial charge in [0.1, 0.15) is 52.4 Å². The average Bonchev–Trinajstić information content (AvgIpc) is 3.08. The summed E-state index contributed by atoms with van der Waals surface area (Å²) < 4.78 is 268. The van der Waals surface area contributed by atoms with Gasteiger partial charge in [0.05, 0.1) is 10.4 Å². The van der Waals surface area contributed by atoms with Crippen LogP contribution >= 0.6 is 0 Å². The van der Waals surface area contributed by atoms with Crippen molar-refractivity contribution in [3.63, 3.8) is 0 Å². The summed E-state index contributed by atoms with van der Waals surface area (Å²) in [6.45, 7) is 0. The third kappa shape index (κ3) is 7.94. The van der Waals surface area contributed by atoms with Crippen LogP contribution in [0.15, 0.2) is 23.1 Å². The van der Waals surface area contributed by atoms with E-state index in [1.807, 2.05) is 0 Å². The third-order valence-corrected chi connectivity index (χ3v) is 26.1. The lowest BCUT2D eigenvalue weighted by molar-refractivity contribution is 0.156. The Bertz CT molecular complexity index is 1590. The summed E-state index contributed by atoms with van der Waals surface area (Å²) in [5.41, 5.74) is -5.95. The van der Waals surface area contributed by atoms with Gasteiger partial charge in [0.25, 0.3) is 0 Å². The van der Waals surface area contributed by atoms with Crippen molar-refractivity contribution in [1.82, 2.24) is 0 Å². The molecule has 0 aliphatic heterocycles. The molecule has 0 heterocycles. The molecule has 0 N–H and O–H groups in total. The van der Waals surface area contributed by atoms with E-state index in [1.54, 1.807) is 0 Å². The van der Waals surface area contributed by atoms with Gasteiger partial charge in [-0.15, -0.1) is 0 Å². The second-order valence-corrected chi connectivity index (χ2v) is 25.4. The van der Waals surface area contributed by atoms with Gasteiger partial charge in [-0.2, -0.15) is 17.6 Å². The van der Waals surface area contributed by atoms with Crippen LogP contribution in [-0.2, 0) is 32.9 Å². The fourth-order valence-electron chi connectivity index (χ4n) is 3.65. The largest absolute Gasteiger partial charge is 0.545 e. The van der Waals surface area contributed by atoms with E-state index in [-0.39, 0.29) is 0 Å². The van der Waals surface area contributed by atoms with Crippen LogP contribution in [0.2, 0.25) is 0 Å². The molecular weight excluding hydrogens is 877 g/mol. The number of rotatable bonds is 15. The van der Waals surface area contributed by atoms with Crippen molar-refractivity contribution in [3.05, 3.63) is 81.2 Å². The Kier molecular flexibility index (Phi) is 15.0. The van der Waals surface area contributed by atoms with Crippen LogP contribution in [0.5, 0.6) is 0 Å². The van der Waals surface area contributed by atoms with Gasteiger partial charge in [-0.1, -0.05) is 0 Å². The van der Waals surface area contributed by atoms with E-state index in [4.69, 9.17) is 20.6 Å². The zero-order valence-corrected chi connectivity index (χ0v) is 38.5. The molecule has 2 rings (SSSR count). The van der Waals surface area contributed by atoms with Gasteiger partial charge in [-0.3, -0.25) is 0 Å². The van der Waals surface area contributed by atoms with E-state index in [2.05, 4.69) is 12.3 Å². The predicted molar refractivity (Wildman–Crippen MR) is 155 cm³/mol. The van der Waals surface area contributed by atoms with Gasteiger partial charge >= 0.3 is 47.9 Å². The topological polar surface area (TPSA) is 73.8 Å². The smallest absolute Gasteiger partial charge is 0.444 e. The lowest BCUT2D eigenvalue weighted by Gasteiger charge is -2.41. The SMILES string of the molecule is FC(F)=C(F)[Si](O[SiH3])(O[SiH3])O[Si](O[SiH3])(O[Si](O[SiH3])(O[SiH](O[SiH3])c1c(F)c(F)c(F)c(F)c1F)C(F)=C(F)F)c1c(F)c(F)c(F)c(F)c1F. The van der Waals surface area contributed by atoms with Crippen molar-refractivity contribution in [2.45, 2.75) is 0 Å². The van der Waals surface area contributed by atoms with Gasteiger partial charge in [0.15, 0.2) is 46.5 Å². The first-order chi connectivity index (χ1) is 22.6. The zero-order valence-electron chi connectivity index (χ0n) is 24.4. The van der Waals surface area contributed by atoms with E-state index < -0.39 is 180 Å². The highest BCUT2D eigenvalue weighted by atomic mass is 28.5. The molecule has 0 saturated heterocycles. The summed E-state index contributed by atoms with van der Waals surface area (Å²) in [4.78, 5) is 0. The summed E-state index contributed by atoms with van der Waals surface area (Å²) >= 11 is 0. The molecule has 0 aromatic heterocycles. The number of halogens is 16. The second-order valence-electron chi connectivity index (χ2n) is 8.45. The first kappa shape index (κ1) is 43.6. The summed E-state index contributed by atoms with van der Waals surface area (Å²) in [5, 5.41) is -4.55. The summed E-state index contributed by atoms with van der Waals surface area (Å²) in [5.74, 6) is -28.2. The van der Waals surface area contributed by atoms with E-state index in [0.29, 0.717) is 0 Å². The molecular formula is C16H16F16O8Si9. The quantitative estimate of drug-likeness (QED) is 0.0882. The van der Waals surface area contributed by atoms with Gasteiger partial charge in [-0.05, 0) is 0 Å². The normalized spacial score (nSPS) is 16.4. The molecule has 3 unspecified atom stereocenters. The molecule has 0 fully saturated rings. The maximum absolute atomic E-state index is 15.5. The molecule has 0 spiro atoms. The van der Waals surface area contributed by atoms with Crippen molar-refractivity contribution >= 4 is 98.5 Å². The first-order valence-electron chi connectivity index (χ1n) is 11.9. The van der Waals surface area contributed by atoms with Crippen LogP contribution in [-0.4, -0.2) is 88.1 Å². The fourth-order valence-corrected chi connectivity index (χ4v) is 27.1. The van der Waals surface area contributed by atoms with Crippen LogP contribution in [0.4, 0.5) is 70.2 Å². The summed E-state index contributed by atoms with van der Waals surface area (Å²) in [7, 11) is -30.1. The van der Waals surface area contributed by atoms with Crippen LogP contribution in [0.25, 0.3) is 0 Å². The standard InChI is InChI=1S/C16H16F16O8Si9/c17-1-3(19)7(23)11(8(24)4(1)20)46(33-41)38-49(37-45,16(32)14(29)30)40-47(34-42,39-48(35-43,36-44)15(31)13(27)28)12-9(25)5(21)2(18)6(22)10(12)26/h46H,41-45H3. The molecule has 0 bridgehead atoms. The molecule has 0 aliphatic rings. The number of hydrogen-bond donors (Lipinski definition) is 0. The van der Waals surface area contributed by atoms with Crippen LogP contribution in [0.1, 0.15) is 0 Å². The minimum absolute atomic E-state index is 0.870. The lowest BCUT2D eigenvalue weighted by Crippen LogP contribution is -2.72. The lowest BCUT2D eigenvalue weighted by atomic mass is 10.3. The Morgan fingerprint density at radius 3 is 1.10 bits per heavy atom. The first-order valence-corrected chi connectivity index (χ1v) is 22.7. The maximum atomic E-state index is 15.5. The maximum Gasteiger partial charge on any atom is 0.545 e. The third-order valence-electron chi connectivity index (χ3n) is 5.95. The Hall–Kier alpha value is -1.57. The molecule has 2 aromatic rings. The molecule has 276 valence electrons. The van der Waals surface area contributed by atoms with Gasteiger partial charge in [0, 0.05) is 0 Å². The predicted octanol–water partition coefficient (Wildman–Crippen LogP) is -2.00. The highest BCUT2D eigenvalue weighted by molar-refractivity contribution is 6.94. The minimum Gasteiger partial charge on any atom is -0.444 e. The van der Waals surface area contributed by atoms with Crippen LogP contribution in [0.3, 0.4) is 0 Å². The molecule has 0 radical (unpaired) electrons. The molecule has 0 amide bonds. The van der Waals surface area contributed by atoms with E-state index in [1.165, 1.54) is 0 Å². The molecule has 8 nitrogen and oxygen atoms in total. The molecule has 49 heavy (non-hydrogen) atoms. The van der Waals surface area contributed by atoms with E-state index in [0.717, 1.165) is 0 Å². The van der Waals surface area contributed by atoms with Crippen LogP contribution < -0.4 is 10.4 Å². The molecule has 2 aromatic carbocycles. The number of benzene rings is 2. The van der Waals surface area contributed by atoms with E-state index >= 15 is 13.2 Å². The zero-order chi connectivity index (χ0) is 38.0.